The van der Waals surface area contributed by atoms with Crippen molar-refractivity contribution in [3.8, 4) is 0 Å². The highest BCUT2D eigenvalue weighted by Crippen LogP contribution is 2.31. The van der Waals surface area contributed by atoms with Crippen molar-refractivity contribution in [2.45, 2.75) is 37.4 Å². The van der Waals surface area contributed by atoms with E-state index in [0.29, 0.717) is 11.2 Å². The maximum absolute atomic E-state index is 11.5. The van der Waals surface area contributed by atoms with Gasteiger partial charge in [-0.15, -0.1) is 0 Å². The maximum Gasteiger partial charge on any atom is 0.322 e. The molecule has 2 aromatic heterocycles. The lowest BCUT2D eigenvalue weighted by molar-refractivity contribution is -0.149. The van der Waals surface area contributed by atoms with Crippen molar-refractivity contribution >= 4 is 23.0 Å². The molecule has 0 unspecified atom stereocenters. The molecule has 0 spiro atoms. The van der Waals surface area contributed by atoms with Gasteiger partial charge < -0.3 is 31.8 Å². The largest absolute Gasteiger partial charge is 0.462 e. The molecule has 11 heteroatoms. The van der Waals surface area contributed by atoms with Crippen molar-refractivity contribution in [2.75, 3.05) is 12.3 Å². The van der Waals surface area contributed by atoms with E-state index >= 15 is 0 Å². The predicted octanol–water partition coefficient (Wildman–Crippen LogP) is -2.12. The summed E-state index contributed by atoms with van der Waals surface area (Å²) in [4.78, 5) is 23.5. The fourth-order valence-corrected chi connectivity index (χ4v) is 2.49. The number of esters is 1. The van der Waals surface area contributed by atoms with Crippen LogP contribution in [-0.2, 0) is 14.3 Å². The third-order valence-electron chi connectivity index (χ3n) is 3.85. The minimum Gasteiger partial charge on any atom is -0.462 e. The summed E-state index contributed by atoms with van der Waals surface area (Å²) < 4.78 is 12.3. The second-order valence-corrected chi connectivity index (χ2v) is 5.63. The number of fused-ring (bicyclic) bond motifs is 1. The monoisotopic (exact) mass is 337 g/mol. The number of carbonyl (C=O) groups excluding carboxylic acids is 1. The van der Waals surface area contributed by atoms with Gasteiger partial charge in [-0.05, 0) is 6.92 Å². The summed E-state index contributed by atoms with van der Waals surface area (Å²) in [5.41, 5.74) is 17.9. The van der Waals surface area contributed by atoms with Gasteiger partial charge in [-0.1, -0.05) is 0 Å². The molecule has 0 aliphatic carbocycles. The molecule has 3 rings (SSSR count). The van der Waals surface area contributed by atoms with E-state index in [1.165, 1.54) is 24.1 Å². The number of aliphatic hydroxyl groups is 1. The van der Waals surface area contributed by atoms with Crippen LogP contribution < -0.4 is 17.2 Å². The topological polar surface area (TPSA) is 177 Å². The fourth-order valence-electron chi connectivity index (χ4n) is 2.49. The molecule has 2 aromatic rings. The maximum atomic E-state index is 11.5. The molecule has 1 aliphatic heterocycles. The zero-order valence-corrected chi connectivity index (χ0v) is 12.9. The minimum absolute atomic E-state index is 0.112. The SMILES string of the molecule is C[C@H](N)C(=O)OC[C@H]1O[C@@H](n2cnc3c(N)ncnc32)[C@H](O)[C@@H]1N. The molecule has 3 heterocycles. The van der Waals surface area contributed by atoms with Gasteiger partial charge in [0.05, 0.1) is 12.4 Å². The number of carbonyl (C=O) groups is 1. The number of rotatable bonds is 4. The number of hydrogen-bond donors (Lipinski definition) is 4. The lowest BCUT2D eigenvalue weighted by Gasteiger charge is -2.16. The van der Waals surface area contributed by atoms with Crippen molar-refractivity contribution in [1.82, 2.24) is 19.5 Å². The first-order valence-corrected chi connectivity index (χ1v) is 7.34. The summed E-state index contributed by atoms with van der Waals surface area (Å²) in [5, 5.41) is 10.4. The second kappa shape index (κ2) is 6.28. The Balaban J connectivity index is 1.79. The molecule has 0 bridgehead atoms. The molecule has 5 atom stereocenters. The van der Waals surface area contributed by atoms with E-state index in [1.807, 2.05) is 0 Å². The van der Waals surface area contributed by atoms with E-state index < -0.39 is 36.5 Å². The predicted molar refractivity (Wildman–Crippen MR) is 82.2 cm³/mol. The highest BCUT2D eigenvalue weighted by Gasteiger charge is 2.43. The molecule has 7 N–H and O–H groups in total. The van der Waals surface area contributed by atoms with Crippen LogP contribution in [0.1, 0.15) is 13.2 Å². The summed E-state index contributed by atoms with van der Waals surface area (Å²) in [6.45, 7) is 1.40. The van der Waals surface area contributed by atoms with Gasteiger partial charge in [0.25, 0.3) is 0 Å². The zero-order chi connectivity index (χ0) is 17.4. The Morgan fingerprint density at radius 2 is 2.25 bits per heavy atom. The minimum atomic E-state index is -1.04. The first-order chi connectivity index (χ1) is 11.4. The Bertz CT molecular complexity index is 749. The Hall–Kier alpha value is -2.34. The highest BCUT2D eigenvalue weighted by molar-refractivity contribution is 5.81. The van der Waals surface area contributed by atoms with Gasteiger partial charge in [-0.3, -0.25) is 9.36 Å². The summed E-state index contributed by atoms with van der Waals surface area (Å²) in [5.74, 6) is -0.352. The normalized spacial score (nSPS) is 28.2. The molecule has 1 aliphatic rings. The van der Waals surface area contributed by atoms with Gasteiger partial charge >= 0.3 is 5.97 Å². The Morgan fingerprint density at radius 1 is 1.50 bits per heavy atom. The highest BCUT2D eigenvalue weighted by atomic mass is 16.6. The molecule has 0 radical (unpaired) electrons. The van der Waals surface area contributed by atoms with E-state index in [1.54, 1.807) is 0 Å². The third-order valence-corrected chi connectivity index (χ3v) is 3.85. The molecular weight excluding hydrogens is 318 g/mol. The Kier molecular flexibility index (Phi) is 4.32. The number of ether oxygens (including phenoxy) is 2. The lowest BCUT2D eigenvalue weighted by Crippen LogP contribution is -2.42. The van der Waals surface area contributed by atoms with Crippen molar-refractivity contribution in [3.05, 3.63) is 12.7 Å². The molecule has 0 amide bonds. The van der Waals surface area contributed by atoms with Crippen molar-refractivity contribution in [1.29, 1.82) is 0 Å². The van der Waals surface area contributed by atoms with Gasteiger partial charge in [-0.25, -0.2) is 15.0 Å². The third kappa shape index (κ3) is 2.78. The van der Waals surface area contributed by atoms with Crippen LogP contribution >= 0.6 is 0 Å². The summed E-state index contributed by atoms with van der Waals surface area (Å²) in [7, 11) is 0. The second-order valence-electron chi connectivity index (χ2n) is 5.63. The standard InChI is InChI=1S/C13H19N7O4/c1-5(14)13(22)23-2-6-7(15)9(21)12(24-6)20-4-19-8-10(16)17-3-18-11(8)20/h3-7,9,12,21H,2,14-15H2,1H3,(H2,16,17,18)/t5-,6+,7+,9+,12+/m0/s1. The van der Waals surface area contributed by atoms with Gasteiger partial charge in [-0.2, -0.15) is 0 Å². The summed E-state index contributed by atoms with van der Waals surface area (Å²) in [6, 6.07) is -1.51. The van der Waals surface area contributed by atoms with Crippen molar-refractivity contribution in [3.63, 3.8) is 0 Å². The van der Waals surface area contributed by atoms with E-state index in [-0.39, 0.29) is 12.4 Å². The Labute approximate surface area is 136 Å². The quantitative estimate of drug-likeness (QED) is 0.451. The van der Waals surface area contributed by atoms with Gasteiger partial charge in [0.2, 0.25) is 0 Å². The van der Waals surface area contributed by atoms with Gasteiger partial charge in [0.15, 0.2) is 17.7 Å². The summed E-state index contributed by atoms with van der Waals surface area (Å²) in [6.07, 6.45) is 0.159. The Morgan fingerprint density at radius 3 is 2.96 bits per heavy atom. The van der Waals surface area contributed by atoms with E-state index in [2.05, 4.69) is 15.0 Å². The smallest absolute Gasteiger partial charge is 0.322 e. The molecule has 11 nitrogen and oxygen atoms in total. The van der Waals surface area contributed by atoms with Crippen LogP contribution in [0, 0.1) is 0 Å². The molecule has 24 heavy (non-hydrogen) atoms. The number of anilines is 1. The summed E-state index contributed by atoms with van der Waals surface area (Å²) >= 11 is 0. The van der Waals surface area contributed by atoms with Crippen LogP contribution in [-0.4, -0.2) is 61.5 Å². The number of nitrogens with two attached hydrogens (primary N) is 3. The van der Waals surface area contributed by atoms with E-state index in [4.69, 9.17) is 26.7 Å². The first kappa shape index (κ1) is 16.5. The van der Waals surface area contributed by atoms with Crippen LogP contribution in [0.2, 0.25) is 0 Å². The molecule has 0 saturated carbocycles. The van der Waals surface area contributed by atoms with Crippen molar-refractivity contribution < 1.29 is 19.4 Å². The average molecular weight is 337 g/mol. The number of nitrogen functional groups attached to an aromatic ring is 1. The molecule has 0 aromatic carbocycles. The first-order valence-electron chi connectivity index (χ1n) is 7.34. The van der Waals surface area contributed by atoms with E-state index in [0.717, 1.165) is 0 Å². The van der Waals surface area contributed by atoms with Gasteiger partial charge in [0.1, 0.15) is 36.7 Å². The van der Waals surface area contributed by atoms with Crippen LogP contribution in [0.25, 0.3) is 11.2 Å². The molecule has 1 saturated heterocycles. The zero-order valence-electron chi connectivity index (χ0n) is 12.9. The fraction of sp³-hybridized carbons (Fsp3) is 0.538. The molecular formula is C13H19N7O4. The number of aliphatic hydroxyl groups excluding tert-OH is 1. The van der Waals surface area contributed by atoms with Crippen LogP contribution in [0.5, 0.6) is 0 Å². The van der Waals surface area contributed by atoms with Crippen LogP contribution in [0.4, 0.5) is 5.82 Å². The average Bonchev–Trinajstić information content (AvgIpc) is 3.09. The van der Waals surface area contributed by atoms with Crippen LogP contribution in [0.15, 0.2) is 12.7 Å². The number of imidazole rings is 1. The molecule has 1 fully saturated rings. The lowest BCUT2D eigenvalue weighted by atomic mass is 10.1. The van der Waals surface area contributed by atoms with Gasteiger partial charge in [0, 0.05) is 0 Å². The molecule has 130 valence electrons. The van der Waals surface area contributed by atoms with E-state index in [9.17, 15) is 9.90 Å². The van der Waals surface area contributed by atoms with Crippen molar-refractivity contribution in [2.24, 2.45) is 11.5 Å². The van der Waals surface area contributed by atoms with Crippen LogP contribution in [0.3, 0.4) is 0 Å². The number of hydrogen-bond acceptors (Lipinski definition) is 10. The number of aromatic nitrogens is 4. The number of nitrogens with zero attached hydrogens (tertiary/aromatic N) is 4.